The van der Waals surface area contributed by atoms with E-state index in [0.29, 0.717) is 0 Å². The minimum Gasteiger partial charge on any atom is -0.135 e. The average Bonchev–Trinajstić information content (AvgIpc) is 3.88. The summed E-state index contributed by atoms with van der Waals surface area (Å²) in [6.45, 7) is 0. The second-order valence-corrected chi connectivity index (χ2v) is 15.5. The van der Waals surface area contributed by atoms with Gasteiger partial charge >= 0.3 is 0 Å². The lowest BCUT2D eigenvalue weighted by atomic mass is 9.99. The van der Waals surface area contributed by atoms with E-state index in [1.54, 1.807) is 0 Å². The Kier molecular flexibility index (Phi) is 7.64. The summed E-state index contributed by atoms with van der Waals surface area (Å²) in [7, 11) is 0. The average molecular weight is 697 g/mol. The Balaban J connectivity index is 0.912. The molecule has 0 saturated carbocycles. The zero-order valence-electron chi connectivity index (χ0n) is 28.3. The summed E-state index contributed by atoms with van der Waals surface area (Å²) < 4.78 is 2.65. The van der Waals surface area contributed by atoms with E-state index in [-0.39, 0.29) is 0 Å². The topological polar surface area (TPSA) is 0 Å². The predicted molar refractivity (Wildman–Crippen MR) is 227 cm³/mol. The second kappa shape index (κ2) is 12.9. The first-order valence-electron chi connectivity index (χ1n) is 17.6. The molecule has 2 aromatic heterocycles. The quantitative estimate of drug-likeness (QED) is 0.162. The van der Waals surface area contributed by atoms with Crippen molar-refractivity contribution in [2.45, 2.75) is 0 Å². The van der Waals surface area contributed by atoms with E-state index in [0.717, 1.165) is 0 Å². The summed E-state index contributed by atoms with van der Waals surface area (Å²) in [6.07, 6.45) is 0. The molecule has 0 fully saturated rings. The molecule has 0 aliphatic heterocycles. The van der Waals surface area contributed by atoms with Crippen LogP contribution in [-0.2, 0) is 0 Å². The third-order valence-corrected chi connectivity index (χ3v) is 12.5. The molecule has 0 aliphatic carbocycles. The Morgan fingerprint density at radius 3 is 0.788 bits per heavy atom. The third kappa shape index (κ3) is 5.63. The van der Waals surface area contributed by atoms with Gasteiger partial charge in [0.1, 0.15) is 0 Å². The van der Waals surface area contributed by atoms with Crippen molar-refractivity contribution in [2.75, 3.05) is 0 Å². The van der Waals surface area contributed by atoms with Gasteiger partial charge in [-0.2, -0.15) is 0 Å². The number of benzene rings is 8. The van der Waals surface area contributed by atoms with Crippen LogP contribution < -0.4 is 0 Å². The Morgan fingerprint density at radius 2 is 0.481 bits per heavy atom. The Labute approximate surface area is 311 Å². The summed E-state index contributed by atoms with van der Waals surface area (Å²) in [5, 5.41) is 5.30. The summed E-state index contributed by atoms with van der Waals surface area (Å²) in [5.74, 6) is 0. The van der Waals surface area contributed by atoms with Gasteiger partial charge in [0.2, 0.25) is 0 Å². The predicted octanol–water partition coefficient (Wildman–Crippen LogP) is 15.3. The van der Waals surface area contributed by atoms with Gasteiger partial charge in [0.05, 0.1) is 0 Å². The highest BCUT2D eigenvalue weighted by Crippen LogP contribution is 2.43. The first-order valence-corrected chi connectivity index (χ1v) is 19.3. The van der Waals surface area contributed by atoms with Crippen molar-refractivity contribution in [3.05, 3.63) is 194 Å². The van der Waals surface area contributed by atoms with Gasteiger partial charge in [0, 0.05) is 29.9 Å². The summed E-state index contributed by atoms with van der Waals surface area (Å²) in [5.41, 5.74) is 12.4. The molecule has 0 unspecified atom stereocenters. The molecular formula is C50H32S2. The van der Waals surface area contributed by atoms with E-state index >= 15 is 0 Å². The molecule has 0 aliphatic rings. The number of hydrogen-bond acceptors (Lipinski definition) is 2. The fraction of sp³-hybridized carbons (Fsp3) is 0. The molecule has 0 amide bonds. The first-order chi connectivity index (χ1) is 25.7. The van der Waals surface area contributed by atoms with Crippen LogP contribution in [0.4, 0.5) is 0 Å². The van der Waals surface area contributed by atoms with E-state index in [9.17, 15) is 0 Å². The fourth-order valence-corrected chi connectivity index (χ4v) is 9.52. The number of thiophene rings is 2. The summed E-state index contributed by atoms with van der Waals surface area (Å²) >= 11 is 3.75. The normalized spacial score (nSPS) is 11.5. The summed E-state index contributed by atoms with van der Waals surface area (Å²) in [6, 6.07) is 70.9. The molecule has 8 aromatic carbocycles. The van der Waals surface area contributed by atoms with E-state index in [4.69, 9.17) is 0 Å². The minimum absolute atomic E-state index is 1.23. The molecule has 244 valence electrons. The molecule has 0 saturated heterocycles. The van der Waals surface area contributed by atoms with E-state index in [2.05, 4.69) is 194 Å². The number of rotatable bonds is 6. The molecule has 0 nitrogen and oxygen atoms in total. The van der Waals surface area contributed by atoms with Crippen molar-refractivity contribution >= 4 is 53.6 Å². The maximum Gasteiger partial charge on any atom is 0.0355 e. The lowest BCUT2D eigenvalue weighted by molar-refractivity contribution is 1.59. The van der Waals surface area contributed by atoms with Crippen molar-refractivity contribution in [1.82, 2.24) is 0 Å². The standard InChI is InChI=1S/C50H32S2/c1-3-7-33(8-4-1)35-11-15-37(16-12-35)39-19-23-41(24-20-39)49-31-45-43-28-30-48-46(44(43)27-29-47(45)51-49)32-50(52-48)42-25-21-40(22-26-42)38-17-13-36(14-18-38)34-9-5-2-6-10-34/h1-32H. The highest BCUT2D eigenvalue weighted by Gasteiger charge is 2.13. The van der Waals surface area contributed by atoms with Gasteiger partial charge in [0.15, 0.2) is 0 Å². The van der Waals surface area contributed by atoms with Crippen LogP contribution in [0.15, 0.2) is 194 Å². The molecule has 10 rings (SSSR count). The first kappa shape index (κ1) is 30.7. The second-order valence-electron chi connectivity index (χ2n) is 13.3. The van der Waals surface area contributed by atoms with Crippen LogP contribution >= 0.6 is 22.7 Å². The Bertz CT molecular complexity index is 2620. The molecule has 10 aromatic rings. The molecule has 52 heavy (non-hydrogen) atoms. The highest BCUT2D eigenvalue weighted by molar-refractivity contribution is 7.23. The van der Waals surface area contributed by atoms with Gasteiger partial charge in [-0.05, 0) is 90.7 Å². The summed E-state index contributed by atoms with van der Waals surface area (Å²) in [4.78, 5) is 2.60. The molecule has 2 heterocycles. The van der Waals surface area contributed by atoms with Crippen LogP contribution in [0.1, 0.15) is 0 Å². The van der Waals surface area contributed by atoms with Crippen molar-refractivity contribution in [3.63, 3.8) is 0 Å². The zero-order chi connectivity index (χ0) is 34.4. The van der Waals surface area contributed by atoms with Crippen LogP contribution in [0.5, 0.6) is 0 Å². The van der Waals surface area contributed by atoms with Crippen molar-refractivity contribution in [1.29, 1.82) is 0 Å². The SMILES string of the molecule is c1ccc(-c2ccc(-c3ccc(-c4cc5c(ccc6c7cc(-c8ccc(-c9ccc(-c%10ccccc%10)cc9)cc8)sc7ccc56)s4)cc3)cc2)cc1. The highest BCUT2D eigenvalue weighted by atomic mass is 32.1. The maximum absolute atomic E-state index is 2.39. The molecule has 0 spiro atoms. The van der Waals surface area contributed by atoms with E-state index in [1.807, 2.05) is 22.7 Å². The zero-order valence-corrected chi connectivity index (χ0v) is 29.9. The Hall–Kier alpha value is -6.06. The van der Waals surface area contributed by atoms with Crippen LogP contribution in [-0.4, -0.2) is 0 Å². The number of hydrogen-bond donors (Lipinski definition) is 0. The maximum atomic E-state index is 2.39. The van der Waals surface area contributed by atoms with Gasteiger partial charge in [-0.15, -0.1) is 22.7 Å². The third-order valence-electron chi connectivity index (χ3n) is 10.2. The van der Waals surface area contributed by atoms with Crippen LogP contribution in [0.2, 0.25) is 0 Å². The molecule has 0 radical (unpaired) electrons. The fourth-order valence-electron chi connectivity index (χ4n) is 7.36. The van der Waals surface area contributed by atoms with E-state index < -0.39 is 0 Å². The van der Waals surface area contributed by atoms with Gasteiger partial charge in [-0.25, -0.2) is 0 Å². The molecule has 0 bridgehead atoms. The lowest BCUT2D eigenvalue weighted by Gasteiger charge is -2.06. The van der Waals surface area contributed by atoms with Gasteiger partial charge in [0.25, 0.3) is 0 Å². The van der Waals surface area contributed by atoms with Gasteiger partial charge < -0.3 is 0 Å². The van der Waals surface area contributed by atoms with Crippen molar-refractivity contribution < 1.29 is 0 Å². The van der Waals surface area contributed by atoms with Gasteiger partial charge in [-0.3, -0.25) is 0 Å². The molecule has 0 N–H and O–H groups in total. The molecule has 2 heteroatoms. The smallest absolute Gasteiger partial charge is 0.0355 e. The van der Waals surface area contributed by atoms with E-state index in [1.165, 1.54) is 96.3 Å². The van der Waals surface area contributed by atoms with Crippen molar-refractivity contribution in [2.24, 2.45) is 0 Å². The Morgan fingerprint density at radius 1 is 0.212 bits per heavy atom. The van der Waals surface area contributed by atoms with Crippen molar-refractivity contribution in [3.8, 4) is 65.4 Å². The largest absolute Gasteiger partial charge is 0.135 e. The van der Waals surface area contributed by atoms with Crippen LogP contribution in [0, 0.1) is 0 Å². The molecule has 0 atom stereocenters. The molecular weight excluding hydrogens is 665 g/mol. The van der Waals surface area contributed by atoms with Crippen LogP contribution in [0.25, 0.3) is 96.3 Å². The van der Waals surface area contributed by atoms with Gasteiger partial charge in [-0.1, -0.05) is 170 Å². The lowest BCUT2D eigenvalue weighted by Crippen LogP contribution is -1.81. The number of fused-ring (bicyclic) bond motifs is 5. The minimum atomic E-state index is 1.23. The van der Waals surface area contributed by atoms with Crippen LogP contribution in [0.3, 0.4) is 0 Å². The monoisotopic (exact) mass is 696 g/mol.